The zero-order chi connectivity index (χ0) is 16.7. The van der Waals surface area contributed by atoms with Crippen LogP contribution in [0.4, 0.5) is 4.39 Å². The fourth-order valence-corrected chi connectivity index (χ4v) is 2.70. The highest BCUT2D eigenvalue weighted by Crippen LogP contribution is 2.37. The summed E-state index contributed by atoms with van der Waals surface area (Å²) >= 11 is 3.46. The number of ether oxygens (including phenoxy) is 2. The van der Waals surface area contributed by atoms with Gasteiger partial charge in [-0.3, -0.25) is 0 Å². The van der Waals surface area contributed by atoms with Crippen LogP contribution in [0, 0.1) is 5.82 Å². The first-order valence-electron chi connectivity index (χ1n) is 7.20. The van der Waals surface area contributed by atoms with Gasteiger partial charge in [0, 0.05) is 18.7 Å². The Labute approximate surface area is 143 Å². The summed E-state index contributed by atoms with van der Waals surface area (Å²) in [6, 6.07) is 10.3. The smallest absolute Gasteiger partial charge is 0.175 e. The van der Waals surface area contributed by atoms with E-state index in [2.05, 4.69) is 21.2 Å². The molecule has 2 aromatic carbocycles. The second-order valence-electron chi connectivity index (χ2n) is 4.89. The number of benzene rings is 2. The Morgan fingerprint density at radius 2 is 2.04 bits per heavy atom. The second-order valence-corrected chi connectivity index (χ2v) is 5.74. The van der Waals surface area contributed by atoms with Crippen LogP contribution in [0.3, 0.4) is 0 Å². The number of rotatable bonds is 8. The molecule has 2 aromatic rings. The number of methoxy groups -OCH3 is 1. The lowest BCUT2D eigenvalue weighted by Crippen LogP contribution is -2.17. The normalized spacial score (nSPS) is 10.6. The average Bonchev–Trinajstić information content (AvgIpc) is 2.55. The van der Waals surface area contributed by atoms with Gasteiger partial charge in [-0.25, -0.2) is 4.39 Å². The number of aliphatic hydroxyl groups is 1. The number of halogens is 2. The van der Waals surface area contributed by atoms with Crippen LogP contribution in [-0.4, -0.2) is 25.4 Å². The standard InChI is InChI=1S/C17H19BrFNO3/c1-22-16-9-12(10-20-6-7-21)8-14(18)17(16)23-11-13-4-2-3-5-15(13)19/h2-5,8-9,20-21H,6-7,10-11H2,1H3. The molecular weight excluding hydrogens is 365 g/mol. The molecule has 0 aliphatic rings. The largest absolute Gasteiger partial charge is 0.493 e. The van der Waals surface area contributed by atoms with E-state index in [-0.39, 0.29) is 19.0 Å². The fraction of sp³-hybridized carbons (Fsp3) is 0.294. The molecule has 0 amide bonds. The van der Waals surface area contributed by atoms with Crippen molar-refractivity contribution in [1.82, 2.24) is 5.32 Å². The molecule has 0 saturated carbocycles. The summed E-state index contributed by atoms with van der Waals surface area (Å²) in [4.78, 5) is 0. The molecule has 0 unspecified atom stereocenters. The van der Waals surface area contributed by atoms with Gasteiger partial charge in [-0.2, -0.15) is 0 Å². The molecule has 0 atom stereocenters. The third kappa shape index (κ3) is 4.92. The van der Waals surface area contributed by atoms with Crippen molar-refractivity contribution < 1.29 is 19.0 Å². The van der Waals surface area contributed by atoms with Crippen molar-refractivity contribution in [2.75, 3.05) is 20.3 Å². The highest BCUT2D eigenvalue weighted by molar-refractivity contribution is 9.10. The number of hydrogen-bond donors (Lipinski definition) is 2. The monoisotopic (exact) mass is 383 g/mol. The van der Waals surface area contributed by atoms with Crippen molar-refractivity contribution in [2.45, 2.75) is 13.2 Å². The molecule has 0 aliphatic carbocycles. The third-order valence-corrected chi connectivity index (χ3v) is 3.83. The van der Waals surface area contributed by atoms with Crippen molar-refractivity contribution in [3.05, 3.63) is 57.8 Å². The van der Waals surface area contributed by atoms with Gasteiger partial charge in [0.1, 0.15) is 12.4 Å². The van der Waals surface area contributed by atoms with Gasteiger partial charge in [-0.1, -0.05) is 18.2 Å². The molecule has 2 N–H and O–H groups in total. The summed E-state index contributed by atoms with van der Waals surface area (Å²) in [7, 11) is 1.56. The fourth-order valence-electron chi connectivity index (χ4n) is 2.09. The molecular formula is C17H19BrFNO3. The lowest BCUT2D eigenvalue weighted by atomic mass is 10.2. The Hall–Kier alpha value is -1.63. The third-order valence-electron chi connectivity index (χ3n) is 3.24. The van der Waals surface area contributed by atoms with E-state index in [9.17, 15) is 4.39 Å². The molecule has 0 spiro atoms. The van der Waals surface area contributed by atoms with Crippen molar-refractivity contribution in [3.63, 3.8) is 0 Å². The van der Waals surface area contributed by atoms with Gasteiger partial charge in [0.15, 0.2) is 11.5 Å². The zero-order valence-corrected chi connectivity index (χ0v) is 14.4. The van der Waals surface area contributed by atoms with E-state index in [0.29, 0.717) is 30.2 Å². The lowest BCUT2D eigenvalue weighted by Gasteiger charge is -2.15. The Morgan fingerprint density at radius 1 is 1.26 bits per heavy atom. The van der Waals surface area contributed by atoms with Gasteiger partial charge in [0.05, 0.1) is 18.2 Å². The number of nitrogens with one attached hydrogen (secondary N) is 1. The van der Waals surface area contributed by atoms with E-state index >= 15 is 0 Å². The average molecular weight is 384 g/mol. The predicted octanol–water partition coefficient (Wildman–Crippen LogP) is 3.26. The molecule has 4 nitrogen and oxygen atoms in total. The lowest BCUT2D eigenvalue weighted by molar-refractivity contribution is 0.277. The topological polar surface area (TPSA) is 50.7 Å². The van der Waals surface area contributed by atoms with E-state index in [4.69, 9.17) is 14.6 Å². The second kappa shape index (κ2) is 8.86. The Bertz CT molecular complexity index is 652. The maximum Gasteiger partial charge on any atom is 0.175 e. The van der Waals surface area contributed by atoms with E-state index in [1.807, 2.05) is 12.1 Å². The molecule has 0 fully saturated rings. The maximum absolute atomic E-state index is 13.7. The van der Waals surface area contributed by atoms with Crippen LogP contribution in [0.25, 0.3) is 0 Å². The van der Waals surface area contributed by atoms with Gasteiger partial charge in [-0.15, -0.1) is 0 Å². The molecule has 0 aliphatic heterocycles. The van der Waals surface area contributed by atoms with Crippen LogP contribution < -0.4 is 14.8 Å². The summed E-state index contributed by atoms with van der Waals surface area (Å²) in [6.07, 6.45) is 0. The first-order valence-corrected chi connectivity index (χ1v) is 7.99. The van der Waals surface area contributed by atoms with Gasteiger partial charge < -0.3 is 19.9 Å². The molecule has 2 rings (SSSR count). The molecule has 23 heavy (non-hydrogen) atoms. The highest BCUT2D eigenvalue weighted by Gasteiger charge is 2.13. The first-order chi connectivity index (χ1) is 11.2. The van der Waals surface area contributed by atoms with E-state index in [0.717, 1.165) is 10.0 Å². The summed E-state index contributed by atoms with van der Waals surface area (Å²) in [6.45, 7) is 1.32. The minimum Gasteiger partial charge on any atom is -0.493 e. The first kappa shape index (κ1) is 17.7. The molecule has 0 bridgehead atoms. The van der Waals surface area contributed by atoms with Crippen molar-refractivity contribution in [1.29, 1.82) is 0 Å². The molecule has 0 saturated heterocycles. The van der Waals surface area contributed by atoms with Gasteiger partial charge in [0.2, 0.25) is 0 Å². The predicted molar refractivity (Wildman–Crippen MR) is 90.2 cm³/mol. The summed E-state index contributed by atoms with van der Waals surface area (Å²) in [5, 5.41) is 11.9. The zero-order valence-electron chi connectivity index (χ0n) is 12.8. The number of aliphatic hydroxyl groups excluding tert-OH is 1. The van der Waals surface area contributed by atoms with Gasteiger partial charge in [0.25, 0.3) is 0 Å². The van der Waals surface area contributed by atoms with Crippen LogP contribution in [0.2, 0.25) is 0 Å². The van der Waals surface area contributed by atoms with Crippen LogP contribution >= 0.6 is 15.9 Å². The molecule has 0 heterocycles. The minimum absolute atomic E-state index is 0.0855. The summed E-state index contributed by atoms with van der Waals surface area (Å²) < 4.78 is 25.5. The maximum atomic E-state index is 13.7. The van der Waals surface area contributed by atoms with Crippen molar-refractivity contribution in [2.24, 2.45) is 0 Å². The van der Waals surface area contributed by atoms with E-state index < -0.39 is 0 Å². The summed E-state index contributed by atoms with van der Waals surface area (Å²) in [5.41, 5.74) is 1.47. The molecule has 0 aromatic heterocycles. The molecule has 6 heteroatoms. The minimum atomic E-state index is -0.299. The highest BCUT2D eigenvalue weighted by atomic mass is 79.9. The Kier molecular flexibility index (Phi) is 6.83. The van der Waals surface area contributed by atoms with Crippen LogP contribution in [0.5, 0.6) is 11.5 Å². The summed E-state index contributed by atoms with van der Waals surface area (Å²) in [5.74, 6) is 0.797. The quantitative estimate of drug-likeness (QED) is 0.687. The Balaban J connectivity index is 2.13. The van der Waals surface area contributed by atoms with Crippen LogP contribution in [-0.2, 0) is 13.2 Å². The van der Waals surface area contributed by atoms with Crippen LogP contribution in [0.15, 0.2) is 40.9 Å². The van der Waals surface area contributed by atoms with Crippen molar-refractivity contribution >= 4 is 15.9 Å². The van der Waals surface area contributed by atoms with E-state index in [1.54, 1.807) is 25.3 Å². The van der Waals surface area contributed by atoms with Crippen molar-refractivity contribution in [3.8, 4) is 11.5 Å². The van der Waals surface area contributed by atoms with E-state index in [1.165, 1.54) is 6.07 Å². The van der Waals surface area contributed by atoms with Crippen LogP contribution in [0.1, 0.15) is 11.1 Å². The number of hydrogen-bond acceptors (Lipinski definition) is 4. The van der Waals surface area contributed by atoms with Gasteiger partial charge in [-0.05, 0) is 39.7 Å². The molecule has 0 radical (unpaired) electrons. The van der Waals surface area contributed by atoms with Gasteiger partial charge >= 0.3 is 0 Å². The Morgan fingerprint density at radius 3 is 2.74 bits per heavy atom. The SMILES string of the molecule is COc1cc(CNCCO)cc(Br)c1OCc1ccccc1F. The molecule has 124 valence electrons.